The van der Waals surface area contributed by atoms with Gasteiger partial charge in [-0.3, -0.25) is 4.79 Å². The van der Waals surface area contributed by atoms with Gasteiger partial charge in [0.05, 0.1) is 5.70 Å². The maximum atomic E-state index is 13.2. The molecule has 2 aliphatic heterocycles. The lowest BCUT2D eigenvalue weighted by Gasteiger charge is -2.25. The van der Waals surface area contributed by atoms with Crippen molar-refractivity contribution in [3.63, 3.8) is 0 Å². The fourth-order valence-corrected chi connectivity index (χ4v) is 3.06. The highest BCUT2D eigenvalue weighted by molar-refractivity contribution is 5.94. The molecule has 1 amide bonds. The minimum absolute atomic E-state index is 0.155. The topological polar surface area (TPSA) is 44.4 Å². The van der Waals surface area contributed by atoms with Gasteiger partial charge in [0, 0.05) is 12.7 Å². The molecule has 0 bridgehead atoms. The van der Waals surface area contributed by atoms with Crippen molar-refractivity contribution in [3.05, 3.63) is 71.5 Å². The van der Waals surface area contributed by atoms with Gasteiger partial charge in [-0.1, -0.05) is 18.2 Å². The maximum Gasteiger partial charge on any atom is 0.269 e. The highest BCUT2D eigenvalue weighted by Gasteiger charge is 2.42. The lowest BCUT2D eigenvalue weighted by molar-refractivity contribution is -0.118. The number of carbonyl (C=O) groups is 1. The summed E-state index contributed by atoms with van der Waals surface area (Å²) in [5, 5.41) is 6.23. The van der Waals surface area contributed by atoms with E-state index in [1.807, 2.05) is 24.4 Å². The maximum absolute atomic E-state index is 13.2. The van der Waals surface area contributed by atoms with Gasteiger partial charge >= 0.3 is 0 Å². The molecule has 4 nitrogen and oxygen atoms in total. The Morgan fingerprint density at radius 1 is 1.35 bits per heavy atom. The number of halogens is 1. The van der Waals surface area contributed by atoms with Crippen LogP contribution in [-0.2, 0) is 11.3 Å². The number of hydrogen-bond acceptors (Lipinski definition) is 3. The molecule has 1 atom stereocenters. The average Bonchev–Trinajstić information content (AvgIpc) is 3.33. The van der Waals surface area contributed by atoms with Crippen LogP contribution < -0.4 is 10.6 Å². The smallest absolute Gasteiger partial charge is 0.269 e. The number of benzene rings is 1. The van der Waals surface area contributed by atoms with Gasteiger partial charge in [-0.15, -0.1) is 0 Å². The minimum atomic E-state index is -0.293. The Hall–Kier alpha value is -2.56. The van der Waals surface area contributed by atoms with Crippen molar-refractivity contribution in [3.8, 4) is 0 Å². The quantitative estimate of drug-likeness (QED) is 0.897. The van der Waals surface area contributed by atoms with E-state index in [9.17, 15) is 9.18 Å². The molecule has 5 heteroatoms. The van der Waals surface area contributed by atoms with Crippen LogP contribution in [0.4, 0.5) is 4.39 Å². The molecule has 1 aliphatic carbocycles. The highest BCUT2D eigenvalue weighted by Crippen LogP contribution is 2.39. The molecule has 2 N–H and O–H groups in total. The molecule has 1 fully saturated rings. The van der Waals surface area contributed by atoms with Gasteiger partial charge in [-0.25, -0.2) is 4.39 Å². The fourth-order valence-electron chi connectivity index (χ4n) is 3.06. The third kappa shape index (κ3) is 2.74. The Bertz CT molecular complexity index is 734. The van der Waals surface area contributed by atoms with Crippen LogP contribution in [0, 0.1) is 11.7 Å². The highest BCUT2D eigenvalue weighted by atomic mass is 19.1. The first-order valence-electron chi connectivity index (χ1n) is 7.89. The van der Waals surface area contributed by atoms with E-state index in [0.717, 1.165) is 11.3 Å². The van der Waals surface area contributed by atoms with Crippen LogP contribution in [0.3, 0.4) is 0 Å². The van der Waals surface area contributed by atoms with E-state index in [1.165, 1.54) is 25.0 Å². The Labute approximate surface area is 134 Å². The average molecular weight is 311 g/mol. The summed E-state index contributed by atoms with van der Waals surface area (Å²) in [6, 6.07) is 6.27. The van der Waals surface area contributed by atoms with E-state index in [-0.39, 0.29) is 17.9 Å². The Kier molecular flexibility index (Phi) is 3.41. The van der Waals surface area contributed by atoms with Crippen molar-refractivity contribution >= 4 is 5.91 Å². The second kappa shape index (κ2) is 5.57. The first-order valence-corrected chi connectivity index (χ1v) is 7.89. The molecule has 23 heavy (non-hydrogen) atoms. The molecule has 0 radical (unpaired) electrons. The molecule has 4 rings (SSSR count). The second-order valence-corrected chi connectivity index (χ2v) is 6.11. The van der Waals surface area contributed by atoms with E-state index >= 15 is 0 Å². The van der Waals surface area contributed by atoms with Crippen LogP contribution in [-0.4, -0.2) is 17.0 Å². The summed E-state index contributed by atoms with van der Waals surface area (Å²) in [6.45, 7) is 0.308. The number of hydrogen-bond donors (Lipinski definition) is 2. The summed E-state index contributed by atoms with van der Waals surface area (Å²) in [5.41, 5.74) is 2.25. The van der Waals surface area contributed by atoms with Gasteiger partial charge in [0.1, 0.15) is 17.7 Å². The van der Waals surface area contributed by atoms with Gasteiger partial charge < -0.3 is 15.5 Å². The van der Waals surface area contributed by atoms with Crippen molar-refractivity contribution < 1.29 is 9.18 Å². The lowest BCUT2D eigenvalue weighted by Crippen LogP contribution is -2.38. The zero-order valence-corrected chi connectivity index (χ0v) is 12.6. The first-order chi connectivity index (χ1) is 11.2. The van der Waals surface area contributed by atoms with E-state index in [2.05, 4.69) is 15.5 Å². The van der Waals surface area contributed by atoms with Crippen LogP contribution in [0.15, 0.2) is 60.1 Å². The summed E-state index contributed by atoms with van der Waals surface area (Å²) in [5.74, 6) is 0.144. The van der Waals surface area contributed by atoms with E-state index < -0.39 is 0 Å². The number of amides is 1. The molecule has 0 saturated heterocycles. The predicted octanol–water partition coefficient (Wildman–Crippen LogP) is 2.38. The monoisotopic (exact) mass is 311 g/mol. The van der Waals surface area contributed by atoms with E-state index in [0.29, 0.717) is 18.2 Å². The standard InChI is InChI=1S/C18H18FN3O/c19-14-5-3-4-12(10-14)11-20-18(23)16-15-6-1-2-9-22(15)17(21-16)13-7-8-13/h1-6,9-10,13,17,21H,7-8,11H2,(H,20,23). The summed E-state index contributed by atoms with van der Waals surface area (Å²) < 4.78 is 13.2. The van der Waals surface area contributed by atoms with Crippen molar-refractivity contribution in [2.45, 2.75) is 25.6 Å². The summed E-state index contributed by atoms with van der Waals surface area (Å²) in [4.78, 5) is 14.7. The molecule has 2 heterocycles. The molecular formula is C18H18FN3O. The fraction of sp³-hybridized carbons (Fsp3) is 0.278. The van der Waals surface area contributed by atoms with Crippen LogP contribution in [0.1, 0.15) is 18.4 Å². The first kappa shape index (κ1) is 14.1. The molecule has 118 valence electrons. The van der Waals surface area contributed by atoms with Crippen LogP contribution in [0.25, 0.3) is 0 Å². The Morgan fingerprint density at radius 3 is 3.00 bits per heavy atom. The molecule has 1 aromatic carbocycles. The van der Waals surface area contributed by atoms with Gasteiger partial charge in [0.2, 0.25) is 0 Å². The molecule has 3 aliphatic rings. The van der Waals surface area contributed by atoms with Crippen LogP contribution in [0.2, 0.25) is 0 Å². The summed E-state index contributed by atoms with van der Waals surface area (Å²) in [7, 11) is 0. The predicted molar refractivity (Wildman–Crippen MR) is 85.0 cm³/mol. The lowest BCUT2D eigenvalue weighted by atomic mass is 10.2. The second-order valence-electron chi connectivity index (χ2n) is 6.11. The van der Waals surface area contributed by atoms with Gasteiger partial charge in [-0.05, 0) is 48.6 Å². The Balaban J connectivity index is 1.49. The van der Waals surface area contributed by atoms with Gasteiger partial charge in [0.15, 0.2) is 0 Å². The number of nitrogens with one attached hydrogen (secondary N) is 2. The number of carbonyl (C=O) groups excluding carboxylic acids is 1. The summed E-state index contributed by atoms with van der Waals surface area (Å²) >= 11 is 0. The van der Waals surface area contributed by atoms with Crippen molar-refractivity contribution in [2.75, 3.05) is 0 Å². The normalized spacial score (nSPS) is 22.1. The molecular weight excluding hydrogens is 293 g/mol. The largest absolute Gasteiger partial charge is 0.358 e. The van der Waals surface area contributed by atoms with Crippen LogP contribution >= 0.6 is 0 Å². The zero-order valence-electron chi connectivity index (χ0n) is 12.6. The molecule has 1 saturated carbocycles. The Morgan fingerprint density at radius 2 is 2.22 bits per heavy atom. The zero-order chi connectivity index (χ0) is 15.8. The third-order valence-electron chi connectivity index (χ3n) is 4.38. The SMILES string of the molecule is O=C(NCc1cccc(F)c1)C1=C2C=CC=CN2C(C2CC2)N1. The third-order valence-corrected chi connectivity index (χ3v) is 4.38. The number of allylic oxidation sites excluding steroid dienone is 3. The minimum Gasteiger partial charge on any atom is -0.358 e. The molecule has 0 aromatic heterocycles. The molecule has 1 aromatic rings. The van der Waals surface area contributed by atoms with Gasteiger partial charge in [0.25, 0.3) is 5.91 Å². The van der Waals surface area contributed by atoms with Crippen LogP contribution in [0.5, 0.6) is 0 Å². The van der Waals surface area contributed by atoms with Gasteiger partial charge in [-0.2, -0.15) is 0 Å². The number of rotatable bonds is 4. The van der Waals surface area contributed by atoms with E-state index in [4.69, 9.17) is 0 Å². The molecule has 0 spiro atoms. The number of nitrogens with zero attached hydrogens (tertiary/aromatic N) is 1. The molecule has 1 unspecified atom stereocenters. The van der Waals surface area contributed by atoms with E-state index in [1.54, 1.807) is 12.1 Å². The van der Waals surface area contributed by atoms with Crippen molar-refractivity contribution in [1.82, 2.24) is 15.5 Å². The van der Waals surface area contributed by atoms with Crippen molar-refractivity contribution in [2.24, 2.45) is 5.92 Å². The summed E-state index contributed by atoms with van der Waals surface area (Å²) in [6.07, 6.45) is 10.4. The number of fused-ring (bicyclic) bond motifs is 1. The van der Waals surface area contributed by atoms with Crippen molar-refractivity contribution in [1.29, 1.82) is 0 Å².